The van der Waals surface area contributed by atoms with Crippen molar-refractivity contribution in [2.75, 3.05) is 41.3 Å². The Balaban J connectivity index is 1.22. The van der Waals surface area contributed by atoms with Gasteiger partial charge in [0.05, 0.1) is 11.4 Å². The number of aromatic nitrogens is 4. The molecule has 2 saturated heterocycles. The summed E-state index contributed by atoms with van der Waals surface area (Å²) in [6, 6.07) is 12.0. The summed E-state index contributed by atoms with van der Waals surface area (Å²) in [5, 5.41) is 15.6. The molecule has 8 heteroatoms. The van der Waals surface area contributed by atoms with Gasteiger partial charge in [-0.25, -0.2) is 0 Å². The van der Waals surface area contributed by atoms with Gasteiger partial charge in [0.2, 0.25) is 5.91 Å². The van der Waals surface area contributed by atoms with E-state index in [1.807, 2.05) is 30.3 Å². The van der Waals surface area contributed by atoms with Crippen LogP contribution in [0, 0.1) is 5.92 Å². The van der Waals surface area contributed by atoms with Gasteiger partial charge < -0.3 is 15.1 Å². The van der Waals surface area contributed by atoms with Crippen LogP contribution in [-0.2, 0) is 4.79 Å². The minimum atomic E-state index is 0.0246. The Bertz CT molecular complexity index is 1000. The number of hydrogen-bond acceptors (Lipinski definition) is 6. The number of rotatable bonds is 4. The van der Waals surface area contributed by atoms with E-state index in [4.69, 9.17) is 0 Å². The second-order valence-electron chi connectivity index (χ2n) is 7.79. The molecule has 2 fully saturated rings. The molecule has 0 spiro atoms. The molecule has 29 heavy (non-hydrogen) atoms. The van der Waals surface area contributed by atoms with Gasteiger partial charge in [-0.05, 0) is 49.9 Å². The zero-order valence-electron chi connectivity index (χ0n) is 16.4. The van der Waals surface area contributed by atoms with Crippen LogP contribution in [0.15, 0.2) is 42.7 Å². The lowest BCUT2D eigenvalue weighted by atomic mass is 9.95. The first kappa shape index (κ1) is 17.9. The van der Waals surface area contributed by atoms with Crippen LogP contribution in [0.3, 0.4) is 0 Å². The summed E-state index contributed by atoms with van der Waals surface area (Å²) in [5.41, 5.74) is 2.81. The molecular weight excluding hydrogens is 366 g/mol. The second kappa shape index (κ2) is 7.69. The van der Waals surface area contributed by atoms with Gasteiger partial charge in [-0.2, -0.15) is 4.52 Å². The zero-order valence-corrected chi connectivity index (χ0v) is 16.4. The molecule has 0 unspecified atom stereocenters. The zero-order chi connectivity index (χ0) is 19.6. The van der Waals surface area contributed by atoms with E-state index in [-0.39, 0.29) is 11.8 Å². The standard InChI is InChI=1S/C21H25N7O/c29-21(23-17-5-1-2-6-18(17)26-11-3-4-12-26)16-9-13-27(14-10-16)20-8-7-19-24-22-15-28(19)25-20/h1-2,5-8,15-16H,3-4,9-14H2,(H,23,29). The number of nitrogens with one attached hydrogen (secondary N) is 1. The van der Waals surface area contributed by atoms with Gasteiger partial charge in [-0.3, -0.25) is 4.79 Å². The summed E-state index contributed by atoms with van der Waals surface area (Å²) in [4.78, 5) is 17.5. The van der Waals surface area contributed by atoms with Crippen molar-refractivity contribution in [2.24, 2.45) is 5.92 Å². The van der Waals surface area contributed by atoms with Crippen LogP contribution in [0.2, 0.25) is 0 Å². The van der Waals surface area contributed by atoms with Crippen LogP contribution >= 0.6 is 0 Å². The summed E-state index contributed by atoms with van der Waals surface area (Å²) in [5.74, 6) is 1.05. The number of piperidine rings is 1. The fourth-order valence-electron chi connectivity index (χ4n) is 4.31. The number of anilines is 3. The predicted octanol–water partition coefficient (Wildman–Crippen LogP) is 2.58. The van der Waals surface area contributed by atoms with Crippen LogP contribution in [0.4, 0.5) is 17.2 Å². The maximum absolute atomic E-state index is 12.9. The fourth-order valence-corrected chi connectivity index (χ4v) is 4.31. The minimum absolute atomic E-state index is 0.0246. The maximum atomic E-state index is 12.9. The lowest BCUT2D eigenvalue weighted by molar-refractivity contribution is -0.120. The van der Waals surface area contributed by atoms with E-state index in [9.17, 15) is 4.79 Å². The first-order valence-corrected chi connectivity index (χ1v) is 10.3. The first-order chi connectivity index (χ1) is 14.3. The van der Waals surface area contributed by atoms with Gasteiger partial charge in [-0.15, -0.1) is 15.3 Å². The Labute approximate surface area is 169 Å². The lowest BCUT2D eigenvalue weighted by Gasteiger charge is -2.32. The van der Waals surface area contributed by atoms with Crippen LogP contribution in [-0.4, -0.2) is 51.9 Å². The molecule has 0 aliphatic carbocycles. The number of fused-ring (bicyclic) bond motifs is 1. The summed E-state index contributed by atoms with van der Waals surface area (Å²) in [6.45, 7) is 3.75. The number of para-hydroxylation sites is 2. The molecular formula is C21H25N7O. The molecule has 150 valence electrons. The summed E-state index contributed by atoms with van der Waals surface area (Å²) in [7, 11) is 0. The SMILES string of the molecule is O=C(Nc1ccccc1N1CCCC1)C1CCN(c2ccc3nncn3n2)CC1. The van der Waals surface area contributed by atoms with Crippen LogP contribution in [0.1, 0.15) is 25.7 Å². The third kappa shape index (κ3) is 3.62. The fraction of sp³-hybridized carbons (Fsp3) is 0.429. The highest BCUT2D eigenvalue weighted by molar-refractivity contribution is 5.96. The van der Waals surface area contributed by atoms with Gasteiger partial charge >= 0.3 is 0 Å². The van der Waals surface area contributed by atoms with Crippen molar-refractivity contribution in [1.82, 2.24) is 19.8 Å². The normalized spacial score (nSPS) is 17.8. The highest BCUT2D eigenvalue weighted by Gasteiger charge is 2.27. The van der Waals surface area contributed by atoms with Crippen LogP contribution in [0.5, 0.6) is 0 Å². The number of carbonyl (C=O) groups excluding carboxylic acids is 1. The molecule has 2 aliphatic rings. The summed E-state index contributed by atoms with van der Waals surface area (Å²) >= 11 is 0. The monoisotopic (exact) mass is 391 g/mol. The number of hydrogen-bond donors (Lipinski definition) is 1. The van der Waals surface area contributed by atoms with Crippen molar-refractivity contribution in [1.29, 1.82) is 0 Å². The van der Waals surface area contributed by atoms with Gasteiger partial charge in [-0.1, -0.05) is 12.1 Å². The van der Waals surface area contributed by atoms with E-state index in [0.29, 0.717) is 0 Å². The predicted molar refractivity (Wildman–Crippen MR) is 112 cm³/mol. The molecule has 2 aliphatic heterocycles. The van der Waals surface area contributed by atoms with Crippen molar-refractivity contribution < 1.29 is 4.79 Å². The third-order valence-electron chi connectivity index (χ3n) is 5.95. The van der Waals surface area contributed by atoms with Crippen molar-refractivity contribution >= 4 is 28.7 Å². The Morgan fingerprint density at radius 2 is 1.76 bits per heavy atom. The molecule has 5 rings (SSSR count). The molecule has 1 amide bonds. The highest BCUT2D eigenvalue weighted by Crippen LogP contribution is 2.30. The van der Waals surface area contributed by atoms with E-state index in [1.165, 1.54) is 12.8 Å². The molecule has 4 heterocycles. The van der Waals surface area contributed by atoms with Crippen molar-refractivity contribution in [2.45, 2.75) is 25.7 Å². The largest absolute Gasteiger partial charge is 0.370 e. The highest BCUT2D eigenvalue weighted by atomic mass is 16.1. The number of carbonyl (C=O) groups is 1. The van der Waals surface area contributed by atoms with Crippen molar-refractivity contribution in [3.05, 3.63) is 42.7 Å². The maximum Gasteiger partial charge on any atom is 0.227 e. The molecule has 0 radical (unpaired) electrons. The van der Waals surface area contributed by atoms with Crippen LogP contribution < -0.4 is 15.1 Å². The van der Waals surface area contributed by atoms with Crippen molar-refractivity contribution in [3.8, 4) is 0 Å². The smallest absolute Gasteiger partial charge is 0.227 e. The number of amides is 1. The van der Waals surface area contributed by atoms with Gasteiger partial charge in [0.25, 0.3) is 0 Å². The topological polar surface area (TPSA) is 78.7 Å². The molecule has 1 aromatic carbocycles. The van der Waals surface area contributed by atoms with E-state index < -0.39 is 0 Å². The number of nitrogens with zero attached hydrogens (tertiary/aromatic N) is 6. The molecule has 2 aromatic heterocycles. The molecule has 1 N–H and O–H groups in total. The Kier molecular flexibility index (Phi) is 4.75. The quantitative estimate of drug-likeness (QED) is 0.737. The molecule has 0 saturated carbocycles. The minimum Gasteiger partial charge on any atom is -0.370 e. The molecule has 3 aromatic rings. The van der Waals surface area contributed by atoms with E-state index >= 15 is 0 Å². The van der Waals surface area contributed by atoms with E-state index in [2.05, 4.69) is 36.5 Å². The second-order valence-corrected chi connectivity index (χ2v) is 7.79. The van der Waals surface area contributed by atoms with Gasteiger partial charge in [0, 0.05) is 32.1 Å². The van der Waals surface area contributed by atoms with E-state index in [1.54, 1.807) is 10.8 Å². The molecule has 8 nitrogen and oxygen atoms in total. The lowest BCUT2D eigenvalue weighted by Crippen LogP contribution is -2.38. The molecule has 0 bridgehead atoms. The average molecular weight is 391 g/mol. The Morgan fingerprint density at radius 3 is 2.59 bits per heavy atom. The Morgan fingerprint density at radius 1 is 0.966 bits per heavy atom. The first-order valence-electron chi connectivity index (χ1n) is 10.3. The summed E-state index contributed by atoms with van der Waals surface area (Å²) in [6.07, 6.45) is 5.68. The average Bonchev–Trinajstić information content (AvgIpc) is 3.46. The van der Waals surface area contributed by atoms with Crippen LogP contribution in [0.25, 0.3) is 5.65 Å². The van der Waals surface area contributed by atoms with Gasteiger partial charge in [0.15, 0.2) is 5.65 Å². The van der Waals surface area contributed by atoms with E-state index in [0.717, 1.165) is 61.9 Å². The Hall–Kier alpha value is -3.16. The summed E-state index contributed by atoms with van der Waals surface area (Å²) < 4.78 is 1.68. The van der Waals surface area contributed by atoms with Crippen molar-refractivity contribution in [3.63, 3.8) is 0 Å². The van der Waals surface area contributed by atoms with Gasteiger partial charge in [0.1, 0.15) is 12.1 Å². The number of benzene rings is 1. The molecule has 0 atom stereocenters. The third-order valence-corrected chi connectivity index (χ3v) is 5.95.